The van der Waals surface area contributed by atoms with Gasteiger partial charge in [0, 0.05) is 56.1 Å². The lowest BCUT2D eigenvalue weighted by molar-refractivity contribution is -0.125. The molecule has 1 N–H and O–H groups in total. The number of carbonyl (C=O) groups is 3. The molecule has 0 spiro atoms. The molecule has 5 rings (SSSR count). The van der Waals surface area contributed by atoms with Crippen LogP contribution >= 0.6 is 0 Å². The van der Waals surface area contributed by atoms with Crippen molar-refractivity contribution in [3.05, 3.63) is 71.3 Å². The Hall–Kier alpha value is -4.56. The molecule has 0 aliphatic carbocycles. The van der Waals surface area contributed by atoms with Crippen molar-refractivity contribution in [2.45, 2.75) is 44.8 Å². The number of ether oxygens (including phenoxy) is 1. The van der Waals surface area contributed by atoms with Crippen molar-refractivity contribution in [2.24, 2.45) is 0 Å². The van der Waals surface area contributed by atoms with Crippen LogP contribution in [0.5, 0.6) is 5.75 Å². The largest absolute Gasteiger partial charge is 0.497 e. The summed E-state index contributed by atoms with van der Waals surface area (Å²) in [6.07, 6.45) is 9.46. The summed E-state index contributed by atoms with van der Waals surface area (Å²) < 4.78 is 6.95. The number of hydrogen-bond acceptors (Lipinski definition) is 8. The first-order valence-electron chi connectivity index (χ1n) is 13.2. The predicted molar refractivity (Wildman–Crippen MR) is 147 cm³/mol. The highest BCUT2D eigenvalue weighted by Gasteiger charge is 2.35. The van der Waals surface area contributed by atoms with E-state index in [1.807, 2.05) is 24.5 Å². The van der Waals surface area contributed by atoms with E-state index in [2.05, 4.69) is 20.3 Å². The fourth-order valence-corrected chi connectivity index (χ4v) is 4.92. The van der Waals surface area contributed by atoms with E-state index in [9.17, 15) is 14.4 Å². The second-order valence-electron chi connectivity index (χ2n) is 9.62. The normalized spacial score (nSPS) is 15.0. The Morgan fingerprint density at radius 3 is 2.75 bits per heavy atom. The van der Waals surface area contributed by atoms with Gasteiger partial charge in [0.2, 0.25) is 5.91 Å². The van der Waals surface area contributed by atoms with Crippen LogP contribution in [-0.4, -0.2) is 76.0 Å². The highest BCUT2D eigenvalue weighted by molar-refractivity contribution is 6.01. The number of amides is 2. The van der Waals surface area contributed by atoms with Crippen molar-refractivity contribution >= 4 is 18.1 Å². The van der Waals surface area contributed by atoms with Gasteiger partial charge in [-0.05, 0) is 62.2 Å². The van der Waals surface area contributed by atoms with E-state index in [0.29, 0.717) is 30.0 Å². The van der Waals surface area contributed by atoms with Crippen LogP contribution in [0.15, 0.2) is 48.9 Å². The van der Waals surface area contributed by atoms with Crippen molar-refractivity contribution in [3.8, 4) is 17.5 Å². The zero-order chi connectivity index (χ0) is 28.5. The SMILES string of the molecule is CNC(=O)C(CCC=O)N1Cc2cc(OC)ccc2C1=O.N#Cc1cc(-n2cc(CN3CCCC3)cn2)ccn1. The number of benzene rings is 1. The lowest BCUT2D eigenvalue weighted by Crippen LogP contribution is -2.46. The number of hydrogen-bond donors (Lipinski definition) is 1. The maximum absolute atomic E-state index is 12.4. The number of aromatic nitrogens is 3. The Labute approximate surface area is 233 Å². The van der Waals surface area contributed by atoms with Gasteiger partial charge in [-0.15, -0.1) is 0 Å². The molecule has 2 amide bonds. The number of methoxy groups -OCH3 is 1. The molecule has 0 radical (unpaired) electrons. The number of rotatable bonds is 9. The maximum Gasteiger partial charge on any atom is 0.255 e. The molecule has 1 aromatic carbocycles. The summed E-state index contributed by atoms with van der Waals surface area (Å²) in [5, 5.41) is 15.8. The van der Waals surface area contributed by atoms with Crippen LogP contribution in [-0.2, 0) is 22.7 Å². The van der Waals surface area contributed by atoms with Gasteiger partial charge in [-0.2, -0.15) is 10.4 Å². The number of nitrogens with zero attached hydrogens (tertiary/aromatic N) is 6. The molecule has 40 heavy (non-hydrogen) atoms. The number of nitrogens with one attached hydrogen (secondary N) is 1. The summed E-state index contributed by atoms with van der Waals surface area (Å²) >= 11 is 0. The molecule has 2 aliphatic heterocycles. The Kier molecular flexibility index (Phi) is 9.59. The van der Waals surface area contributed by atoms with Gasteiger partial charge in [-0.3, -0.25) is 14.5 Å². The zero-order valence-electron chi connectivity index (χ0n) is 22.7. The molecule has 0 bridgehead atoms. The van der Waals surface area contributed by atoms with E-state index in [1.54, 1.807) is 42.3 Å². The van der Waals surface area contributed by atoms with E-state index in [1.165, 1.54) is 43.4 Å². The fourth-order valence-electron chi connectivity index (χ4n) is 4.92. The van der Waals surface area contributed by atoms with Gasteiger partial charge >= 0.3 is 0 Å². The number of pyridine rings is 1. The van der Waals surface area contributed by atoms with Gasteiger partial charge in [0.25, 0.3) is 5.91 Å². The maximum atomic E-state index is 12.4. The Bertz CT molecular complexity index is 1390. The van der Waals surface area contributed by atoms with Crippen LogP contribution in [0.3, 0.4) is 0 Å². The number of carbonyl (C=O) groups excluding carboxylic acids is 3. The standard InChI is InChI=1S/C15H18N2O4.C14H15N5/c1-16-14(19)13(4-3-7-18)17-9-10-8-11(21-2)5-6-12(10)15(17)20;15-8-13-7-14(3-4-16-13)19-11-12(9-17-19)10-18-5-1-2-6-18/h5-8,13H,3-4,9H2,1-2H3,(H,16,19);3-4,7,9,11H,1-2,5-6,10H2. The topological polar surface area (TPSA) is 133 Å². The molecule has 0 saturated carbocycles. The monoisotopic (exact) mass is 543 g/mol. The molecular weight excluding hydrogens is 510 g/mol. The first kappa shape index (κ1) is 28.4. The summed E-state index contributed by atoms with van der Waals surface area (Å²) in [7, 11) is 3.08. The number of fused-ring (bicyclic) bond motifs is 1. The minimum absolute atomic E-state index is 0.188. The van der Waals surface area contributed by atoms with E-state index in [0.717, 1.165) is 24.1 Å². The third kappa shape index (κ3) is 6.71. The van der Waals surface area contributed by atoms with Crippen molar-refractivity contribution in [3.63, 3.8) is 0 Å². The van der Waals surface area contributed by atoms with Crippen LogP contribution in [0.1, 0.15) is 52.9 Å². The number of likely N-dealkylation sites (tertiary alicyclic amines) is 1. The van der Waals surface area contributed by atoms with Gasteiger partial charge in [-0.25, -0.2) is 9.67 Å². The molecule has 1 fully saturated rings. The van der Waals surface area contributed by atoms with Gasteiger partial charge in [-0.1, -0.05) is 0 Å². The quantitative estimate of drug-likeness (QED) is 0.407. The highest BCUT2D eigenvalue weighted by Crippen LogP contribution is 2.29. The van der Waals surface area contributed by atoms with E-state index in [4.69, 9.17) is 10.00 Å². The molecule has 1 unspecified atom stereocenters. The first-order chi connectivity index (χ1) is 19.5. The van der Waals surface area contributed by atoms with Crippen molar-refractivity contribution in [1.82, 2.24) is 29.9 Å². The Balaban J connectivity index is 0.000000186. The molecule has 2 aliphatic rings. The van der Waals surface area contributed by atoms with E-state index < -0.39 is 6.04 Å². The summed E-state index contributed by atoms with van der Waals surface area (Å²) in [5.41, 5.74) is 3.90. The number of nitriles is 1. The van der Waals surface area contributed by atoms with Gasteiger partial charge < -0.3 is 19.7 Å². The summed E-state index contributed by atoms with van der Waals surface area (Å²) in [6.45, 7) is 3.66. The minimum Gasteiger partial charge on any atom is -0.497 e. The highest BCUT2D eigenvalue weighted by atomic mass is 16.5. The van der Waals surface area contributed by atoms with Crippen LogP contribution in [0.25, 0.3) is 5.69 Å². The van der Waals surface area contributed by atoms with Gasteiger partial charge in [0.05, 0.1) is 19.0 Å². The van der Waals surface area contributed by atoms with E-state index >= 15 is 0 Å². The lowest BCUT2D eigenvalue weighted by atomic mass is 10.1. The number of likely N-dealkylation sites (N-methyl/N-ethyl adjacent to an activating group) is 1. The van der Waals surface area contributed by atoms with Gasteiger partial charge in [0.1, 0.15) is 29.8 Å². The second-order valence-corrected chi connectivity index (χ2v) is 9.62. The summed E-state index contributed by atoms with van der Waals surface area (Å²) in [6, 6.07) is 10.2. The first-order valence-corrected chi connectivity index (χ1v) is 13.2. The molecule has 11 heteroatoms. The predicted octanol–water partition coefficient (Wildman–Crippen LogP) is 2.48. The van der Waals surface area contributed by atoms with Crippen LogP contribution in [0, 0.1) is 11.3 Å². The van der Waals surface area contributed by atoms with Crippen LogP contribution < -0.4 is 10.1 Å². The van der Waals surface area contributed by atoms with Crippen molar-refractivity contribution in [2.75, 3.05) is 27.2 Å². The summed E-state index contributed by atoms with van der Waals surface area (Å²) in [5.74, 6) is 0.227. The molecule has 1 atom stereocenters. The van der Waals surface area contributed by atoms with E-state index in [-0.39, 0.29) is 18.2 Å². The average molecular weight is 544 g/mol. The zero-order valence-corrected chi connectivity index (χ0v) is 22.7. The minimum atomic E-state index is -0.633. The molecule has 11 nitrogen and oxygen atoms in total. The second kappa shape index (κ2) is 13.5. The third-order valence-corrected chi connectivity index (χ3v) is 6.99. The number of aldehydes is 1. The molecule has 2 aromatic heterocycles. The molecular formula is C29H33N7O4. The lowest BCUT2D eigenvalue weighted by Gasteiger charge is -2.25. The smallest absolute Gasteiger partial charge is 0.255 e. The van der Waals surface area contributed by atoms with Crippen LogP contribution in [0.4, 0.5) is 0 Å². The third-order valence-electron chi connectivity index (χ3n) is 6.99. The summed E-state index contributed by atoms with van der Waals surface area (Å²) in [4.78, 5) is 42.9. The Morgan fingerprint density at radius 2 is 2.05 bits per heavy atom. The fraction of sp³-hybridized carbons (Fsp3) is 0.379. The van der Waals surface area contributed by atoms with Crippen LogP contribution in [0.2, 0.25) is 0 Å². The molecule has 3 aromatic rings. The average Bonchev–Trinajstić information content (AvgIpc) is 3.75. The van der Waals surface area contributed by atoms with Gasteiger partial charge in [0.15, 0.2) is 0 Å². The Morgan fingerprint density at radius 1 is 1.25 bits per heavy atom. The van der Waals surface area contributed by atoms with Crippen molar-refractivity contribution < 1.29 is 19.1 Å². The van der Waals surface area contributed by atoms with Crippen molar-refractivity contribution in [1.29, 1.82) is 5.26 Å². The molecule has 208 valence electrons. The molecule has 1 saturated heterocycles. The molecule has 4 heterocycles.